The zero-order valence-electron chi connectivity index (χ0n) is 11.9. The number of carbonyl (C=O) groups excluding carboxylic acids is 1. The topological polar surface area (TPSA) is 80.5 Å². The van der Waals surface area contributed by atoms with E-state index >= 15 is 0 Å². The Labute approximate surface area is 130 Å². The van der Waals surface area contributed by atoms with Crippen LogP contribution in [0.15, 0.2) is 35.8 Å². The van der Waals surface area contributed by atoms with E-state index in [1.165, 1.54) is 11.3 Å². The van der Waals surface area contributed by atoms with Crippen molar-refractivity contribution in [3.63, 3.8) is 0 Å². The van der Waals surface area contributed by atoms with E-state index in [4.69, 9.17) is 4.74 Å². The summed E-state index contributed by atoms with van der Waals surface area (Å²) in [6.45, 7) is 1.26. The summed E-state index contributed by atoms with van der Waals surface area (Å²) in [6.07, 6.45) is 1.78. The lowest BCUT2D eigenvalue weighted by atomic mass is 10.4. The van der Waals surface area contributed by atoms with Crippen LogP contribution in [0.1, 0.15) is 9.67 Å². The molecular weight excluding hydrogens is 302 g/mol. The van der Waals surface area contributed by atoms with Crippen molar-refractivity contribution >= 4 is 34.5 Å². The fourth-order valence-electron chi connectivity index (χ4n) is 1.96. The van der Waals surface area contributed by atoms with E-state index in [0.29, 0.717) is 23.7 Å². The first-order valence-corrected chi connectivity index (χ1v) is 7.59. The lowest BCUT2D eigenvalue weighted by molar-refractivity contribution is 0.102. The Hall–Kier alpha value is -2.45. The van der Waals surface area contributed by atoms with Crippen LogP contribution in [0.4, 0.5) is 11.6 Å². The van der Waals surface area contributed by atoms with Crippen molar-refractivity contribution in [1.82, 2.24) is 14.6 Å². The van der Waals surface area contributed by atoms with Crippen molar-refractivity contribution in [1.29, 1.82) is 0 Å². The van der Waals surface area contributed by atoms with Crippen molar-refractivity contribution in [2.45, 2.75) is 0 Å². The van der Waals surface area contributed by atoms with Crippen LogP contribution in [-0.4, -0.2) is 40.8 Å². The van der Waals surface area contributed by atoms with Gasteiger partial charge in [-0.25, -0.2) is 4.52 Å². The molecule has 1 amide bonds. The van der Waals surface area contributed by atoms with Gasteiger partial charge in [-0.1, -0.05) is 6.07 Å². The van der Waals surface area contributed by atoms with E-state index in [9.17, 15) is 4.79 Å². The number of hydrogen-bond donors (Lipinski definition) is 2. The van der Waals surface area contributed by atoms with Gasteiger partial charge in [-0.05, 0) is 23.6 Å². The van der Waals surface area contributed by atoms with Gasteiger partial charge in [-0.2, -0.15) is 4.98 Å². The summed E-state index contributed by atoms with van der Waals surface area (Å²) in [5, 5.41) is 12.0. The number of pyridine rings is 1. The highest BCUT2D eigenvalue weighted by molar-refractivity contribution is 7.12. The highest BCUT2D eigenvalue weighted by Crippen LogP contribution is 2.17. The van der Waals surface area contributed by atoms with Crippen molar-refractivity contribution in [2.75, 3.05) is 30.9 Å². The molecule has 0 radical (unpaired) electrons. The monoisotopic (exact) mass is 317 g/mol. The van der Waals surface area contributed by atoms with Crippen LogP contribution in [-0.2, 0) is 4.74 Å². The normalized spacial score (nSPS) is 10.8. The number of amides is 1. The molecule has 0 unspecified atom stereocenters. The summed E-state index contributed by atoms with van der Waals surface area (Å²) in [5.41, 5.74) is 1.49. The standard InChI is InChI=1S/C14H15N5O2S/c1-21-8-6-15-10-4-2-7-19-12(10)16-14(18-19)17-13(20)11-5-3-9-22-11/h2-5,7,9,15H,6,8H2,1H3,(H,17,18,20). The van der Waals surface area contributed by atoms with Gasteiger partial charge in [0.2, 0.25) is 5.95 Å². The minimum Gasteiger partial charge on any atom is -0.383 e. The summed E-state index contributed by atoms with van der Waals surface area (Å²) in [7, 11) is 1.65. The van der Waals surface area contributed by atoms with Gasteiger partial charge in [0.25, 0.3) is 5.91 Å². The Kier molecular flexibility index (Phi) is 4.31. The number of ether oxygens (including phenoxy) is 1. The Bertz CT molecular complexity index is 769. The first kappa shape index (κ1) is 14.5. The molecule has 0 saturated heterocycles. The highest BCUT2D eigenvalue weighted by Gasteiger charge is 2.12. The SMILES string of the molecule is COCCNc1cccn2nc(NC(=O)c3cccs3)nc12. The van der Waals surface area contributed by atoms with E-state index in [0.717, 1.165) is 5.69 Å². The fourth-order valence-corrected chi connectivity index (χ4v) is 2.57. The minimum absolute atomic E-state index is 0.209. The number of methoxy groups -OCH3 is 1. The molecule has 22 heavy (non-hydrogen) atoms. The molecule has 8 heteroatoms. The first-order valence-electron chi connectivity index (χ1n) is 6.71. The van der Waals surface area contributed by atoms with E-state index in [1.807, 2.05) is 23.6 Å². The molecule has 3 heterocycles. The predicted octanol–water partition coefficient (Wildman–Crippen LogP) is 2.10. The maximum atomic E-state index is 12.0. The van der Waals surface area contributed by atoms with Crippen molar-refractivity contribution in [2.24, 2.45) is 0 Å². The summed E-state index contributed by atoms with van der Waals surface area (Å²) >= 11 is 1.37. The second kappa shape index (κ2) is 6.54. The van der Waals surface area contributed by atoms with Crippen LogP contribution < -0.4 is 10.6 Å². The number of hydrogen-bond acceptors (Lipinski definition) is 6. The lowest BCUT2D eigenvalue weighted by Gasteiger charge is -2.05. The van der Waals surface area contributed by atoms with E-state index in [-0.39, 0.29) is 11.9 Å². The van der Waals surface area contributed by atoms with Gasteiger partial charge in [-0.3, -0.25) is 10.1 Å². The zero-order chi connectivity index (χ0) is 15.4. The van der Waals surface area contributed by atoms with Gasteiger partial charge in [0.15, 0.2) is 5.65 Å². The first-order chi connectivity index (χ1) is 10.8. The van der Waals surface area contributed by atoms with Gasteiger partial charge in [0.05, 0.1) is 17.2 Å². The molecule has 0 spiro atoms. The molecule has 0 aliphatic heterocycles. The molecule has 0 bridgehead atoms. The van der Waals surface area contributed by atoms with Crippen molar-refractivity contribution in [3.05, 3.63) is 40.7 Å². The third-order valence-electron chi connectivity index (χ3n) is 2.95. The van der Waals surface area contributed by atoms with Crippen LogP contribution in [0.5, 0.6) is 0 Å². The van der Waals surface area contributed by atoms with Crippen LogP contribution in [0.25, 0.3) is 5.65 Å². The molecule has 7 nitrogen and oxygen atoms in total. The number of nitrogens with one attached hydrogen (secondary N) is 2. The van der Waals surface area contributed by atoms with Crippen molar-refractivity contribution in [3.8, 4) is 0 Å². The number of fused-ring (bicyclic) bond motifs is 1. The third kappa shape index (κ3) is 3.07. The molecule has 2 N–H and O–H groups in total. The predicted molar refractivity (Wildman–Crippen MR) is 85.6 cm³/mol. The molecule has 0 aromatic carbocycles. The molecule has 3 aromatic heterocycles. The number of thiophene rings is 1. The molecule has 0 saturated carbocycles. The minimum atomic E-state index is -0.209. The smallest absolute Gasteiger partial charge is 0.268 e. The second-order valence-electron chi connectivity index (χ2n) is 4.48. The van der Waals surface area contributed by atoms with Crippen LogP contribution in [0, 0.1) is 0 Å². The number of nitrogens with zero attached hydrogens (tertiary/aromatic N) is 3. The molecule has 114 valence electrons. The maximum absolute atomic E-state index is 12.0. The quantitative estimate of drug-likeness (QED) is 0.681. The van der Waals surface area contributed by atoms with Gasteiger partial charge in [0.1, 0.15) is 0 Å². The van der Waals surface area contributed by atoms with Crippen LogP contribution >= 0.6 is 11.3 Å². The molecule has 0 aliphatic carbocycles. The van der Waals surface area contributed by atoms with Crippen molar-refractivity contribution < 1.29 is 9.53 Å². The summed E-state index contributed by atoms with van der Waals surface area (Å²) < 4.78 is 6.64. The van der Waals surface area contributed by atoms with Crippen LogP contribution in [0.3, 0.4) is 0 Å². The Morgan fingerprint density at radius 1 is 1.41 bits per heavy atom. The number of carbonyl (C=O) groups is 1. The van der Waals surface area contributed by atoms with E-state index in [1.54, 1.807) is 23.9 Å². The lowest BCUT2D eigenvalue weighted by Crippen LogP contribution is -2.11. The second-order valence-corrected chi connectivity index (χ2v) is 5.42. The van der Waals surface area contributed by atoms with E-state index in [2.05, 4.69) is 20.7 Å². The molecule has 0 aliphatic rings. The molecule has 3 aromatic rings. The largest absolute Gasteiger partial charge is 0.383 e. The Morgan fingerprint density at radius 3 is 3.09 bits per heavy atom. The molecule has 0 atom stereocenters. The third-order valence-corrected chi connectivity index (χ3v) is 3.82. The van der Waals surface area contributed by atoms with Gasteiger partial charge >= 0.3 is 0 Å². The Balaban J connectivity index is 1.80. The number of anilines is 2. The summed E-state index contributed by atoms with van der Waals surface area (Å²) in [6, 6.07) is 7.36. The van der Waals surface area contributed by atoms with Gasteiger partial charge in [0, 0.05) is 19.9 Å². The van der Waals surface area contributed by atoms with Crippen LogP contribution in [0.2, 0.25) is 0 Å². The van der Waals surface area contributed by atoms with Gasteiger partial charge < -0.3 is 10.1 Å². The summed E-state index contributed by atoms with van der Waals surface area (Å²) in [5.74, 6) is 0.0687. The highest BCUT2D eigenvalue weighted by atomic mass is 32.1. The number of aromatic nitrogens is 3. The number of rotatable bonds is 6. The fraction of sp³-hybridized carbons (Fsp3) is 0.214. The maximum Gasteiger partial charge on any atom is 0.268 e. The molecular formula is C14H15N5O2S. The Morgan fingerprint density at radius 2 is 2.32 bits per heavy atom. The van der Waals surface area contributed by atoms with Gasteiger partial charge in [-0.15, -0.1) is 16.4 Å². The zero-order valence-corrected chi connectivity index (χ0v) is 12.8. The average molecular weight is 317 g/mol. The van der Waals surface area contributed by atoms with E-state index < -0.39 is 0 Å². The summed E-state index contributed by atoms with van der Waals surface area (Å²) in [4.78, 5) is 17.0. The molecule has 3 rings (SSSR count). The molecule has 0 fully saturated rings. The average Bonchev–Trinajstić information content (AvgIpc) is 3.16.